The molecule has 2 heteroatoms. The molecular weight excluding hydrogens is 186 g/mol. The summed E-state index contributed by atoms with van der Waals surface area (Å²) in [6.45, 7) is 2.16. The van der Waals surface area contributed by atoms with E-state index in [0.29, 0.717) is 5.41 Å². The Kier molecular flexibility index (Phi) is 3.68. The highest BCUT2D eigenvalue weighted by Gasteiger charge is 2.52. The van der Waals surface area contributed by atoms with Gasteiger partial charge in [-0.3, -0.25) is 0 Å². The summed E-state index contributed by atoms with van der Waals surface area (Å²) in [5.74, 6) is 2.20. The Morgan fingerprint density at radius 1 is 1.27 bits per heavy atom. The number of fused-ring (bicyclic) bond motifs is 1. The summed E-state index contributed by atoms with van der Waals surface area (Å²) in [5, 5.41) is 3.40. The molecule has 2 nitrogen and oxygen atoms in total. The SMILES string of the molecule is CNCC1(CCCCOC)CC2CC2C1. The standard InChI is InChI=1S/C13H25NO/c1-14-10-13(5-3-4-6-15-2)8-11-7-12(11)9-13/h11-12,14H,3-10H2,1-2H3. The number of methoxy groups -OCH3 is 1. The van der Waals surface area contributed by atoms with Crippen LogP contribution in [0.2, 0.25) is 0 Å². The lowest BCUT2D eigenvalue weighted by Crippen LogP contribution is -2.31. The van der Waals surface area contributed by atoms with E-state index in [-0.39, 0.29) is 0 Å². The molecule has 0 aliphatic heterocycles. The Morgan fingerprint density at radius 2 is 2.00 bits per heavy atom. The van der Waals surface area contributed by atoms with Gasteiger partial charge >= 0.3 is 0 Å². The van der Waals surface area contributed by atoms with Gasteiger partial charge in [0.2, 0.25) is 0 Å². The van der Waals surface area contributed by atoms with Crippen molar-refractivity contribution in [2.24, 2.45) is 17.3 Å². The second-order valence-corrected chi connectivity index (χ2v) is 5.64. The van der Waals surface area contributed by atoms with Crippen molar-refractivity contribution in [2.75, 3.05) is 27.3 Å². The highest BCUT2D eigenvalue weighted by molar-refractivity contribution is 5.03. The van der Waals surface area contributed by atoms with Gasteiger partial charge in [0.1, 0.15) is 0 Å². The molecule has 2 atom stereocenters. The van der Waals surface area contributed by atoms with E-state index < -0.39 is 0 Å². The van der Waals surface area contributed by atoms with Crippen LogP contribution in [0.4, 0.5) is 0 Å². The van der Waals surface area contributed by atoms with Crippen molar-refractivity contribution in [3.8, 4) is 0 Å². The topological polar surface area (TPSA) is 21.3 Å². The van der Waals surface area contributed by atoms with Gasteiger partial charge in [-0.15, -0.1) is 0 Å². The molecular formula is C13H25NO. The molecule has 0 radical (unpaired) electrons. The number of rotatable bonds is 7. The molecule has 0 heterocycles. The van der Waals surface area contributed by atoms with Crippen molar-refractivity contribution >= 4 is 0 Å². The van der Waals surface area contributed by atoms with Crippen molar-refractivity contribution < 1.29 is 4.74 Å². The average molecular weight is 211 g/mol. The van der Waals surface area contributed by atoms with E-state index in [4.69, 9.17) is 4.74 Å². The Hall–Kier alpha value is -0.0800. The fourth-order valence-corrected chi connectivity index (χ4v) is 3.56. The fraction of sp³-hybridized carbons (Fsp3) is 1.00. The fourth-order valence-electron chi connectivity index (χ4n) is 3.56. The summed E-state index contributed by atoms with van der Waals surface area (Å²) < 4.78 is 5.11. The van der Waals surface area contributed by atoms with Gasteiger partial charge in [0, 0.05) is 20.3 Å². The molecule has 2 rings (SSSR count). The smallest absolute Gasteiger partial charge is 0.0462 e. The predicted octanol–water partition coefficient (Wildman–Crippen LogP) is 2.44. The number of hydrogen-bond donors (Lipinski definition) is 1. The van der Waals surface area contributed by atoms with Gasteiger partial charge in [-0.2, -0.15) is 0 Å². The number of hydrogen-bond acceptors (Lipinski definition) is 2. The second kappa shape index (κ2) is 4.84. The number of unbranched alkanes of at least 4 members (excludes halogenated alkanes) is 1. The Morgan fingerprint density at radius 3 is 2.60 bits per heavy atom. The molecule has 2 aliphatic rings. The third kappa shape index (κ3) is 2.73. The molecule has 2 aliphatic carbocycles. The van der Waals surface area contributed by atoms with E-state index in [0.717, 1.165) is 18.4 Å². The first-order valence-electron chi connectivity index (χ1n) is 6.43. The summed E-state index contributed by atoms with van der Waals surface area (Å²) in [7, 11) is 3.90. The zero-order valence-corrected chi connectivity index (χ0v) is 10.2. The van der Waals surface area contributed by atoms with Gasteiger partial charge in [-0.1, -0.05) is 6.42 Å². The first-order chi connectivity index (χ1) is 7.29. The van der Waals surface area contributed by atoms with Crippen LogP contribution in [-0.2, 0) is 4.74 Å². The van der Waals surface area contributed by atoms with Crippen LogP contribution >= 0.6 is 0 Å². The van der Waals surface area contributed by atoms with Gasteiger partial charge < -0.3 is 10.1 Å². The van der Waals surface area contributed by atoms with Crippen LogP contribution in [0.15, 0.2) is 0 Å². The molecule has 0 spiro atoms. The van der Waals surface area contributed by atoms with E-state index in [1.54, 1.807) is 7.11 Å². The third-order valence-corrected chi connectivity index (χ3v) is 4.32. The lowest BCUT2D eigenvalue weighted by molar-refractivity contribution is 0.176. The van der Waals surface area contributed by atoms with Crippen LogP contribution in [-0.4, -0.2) is 27.3 Å². The zero-order chi connectivity index (χ0) is 10.7. The van der Waals surface area contributed by atoms with Crippen molar-refractivity contribution in [3.05, 3.63) is 0 Å². The van der Waals surface area contributed by atoms with Crippen LogP contribution in [0.5, 0.6) is 0 Å². The van der Waals surface area contributed by atoms with Crippen LogP contribution < -0.4 is 5.32 Å². The number of nitrogens with one attached hydrogen (secondary N) is 1. The maximum Gasteiger partial charge on any atom is 0.0462 e. The van der Waals surface area contributed by atoms with Crippen LogP contribution in [0, 0.1) is 17.3 Å². The molecule has 88 valence electrons. The average Bonchev–Trinajstić information content (AvgIpc) is 2.83. The molecule has 2 saturated carbocycles. The normalized spacial score (nSPS) is 38.0. The largest absolute Gasteiger partial charge is 0.385 e. The molecule has 0 aromatic rings. The minimum atomic E-state index is 0.649. The van der Waals surface area contributed by atoms with E-state index in [2.05, 4.69) is 12.4 Å². The molecule has 2 fully saturated rings. The molecule has 1 N–H and O–H groups in total. The van der Waals surface area contributed by atoms with Gasteiger partial charge in [0.25, 0.3) is 0 Å². The van der Waals surface area contributed by atoms with E-state index >= 15 is 0 Å². The lowest BCUT2D eigenvalue weighted by Gasteiger charge is -2.30. The number of ether oxygens (including phenoxy) is 1. The Balaban J connectivity index is 1.74. The summed E-state index contributed by atoms with van der Waals surface area (Å²) in [5.41, 5.74) is 0.649. The highest BCUT2D eigenvalue weighted by atomic mass is 16.5. The van der Waals surface area contributed by atoms with Gasteiger partial charge in [-0.25, -0.2) is 0 Å². The van der Waals surface area contributed by atoms with Gasteiger partial charge in [0.15, 0.2) is 0 Å². The quantitative estimate of drug-likeness (QED) is 0.653. The molecule has 0 bridgehead atoms. The molecule has 0 amide bonds. The van der Waals surface area contributed by atoms with Gasteiger partial charge in [0.05, 0.1) is 0 Å². The molecule has 0 saturated heterocycles. The summed E-state index contributed by atoms with van der Waals surface area (Å²) in [6.07, 6.45) is 8.50. The van der Waals surface area contributed by atoms with Crippen molar-refractivity contribution in [1.82, 2.24) is 5.32 Å². The predicted molar refractivity (Wildman–Crippen MR) is 62.9 cm³/mol. The first kappa shape index (κ1) is 11.4. The summed E-state index contributed by atoms with van der Waals surface area (Å²) in [4.78, 5) is 0. The summed E-state index contributed by atoms with van der Waals surface area (Å²) >= 11 is 0. The van der Waals surface area contributed by atoms with E-state index in [9.17, 15) is 0 Å². The zero-order valence-electron chi connectivity index (χ0n) is 10.2. The van der Waals surface area contributed by atoms with Crippen molar-refractivity contribution in [3.63, 3.8) is 0 Å². The lowest BCUT2D eigenvalue weighted by atomic mass is 9.78. The van der Waals surface area contributed by atoms with Crippen LogP contribution in [0.3, 0.4) is 0 Å². The second-order valence-electron chi connectivity index (χ2n) is 5.64. The van der Waals surface area contributed by atoms with E-state index in [1.165, 1.54) is 45.1 Å². The van der Waals surface area contributed by atoms with Crippen LogP contribution in [0.1, 0.15) is 38.5 Å². The molecule has 2 unspecified atom stereocenters. The molecule has 0 aromatic heterocycles. The van der Waals surface area contributed by atoms with Crippen molar-refractivity contribution in [1.29, 1.82) is 0 Å². The summed E-state index contributed by atoms with van der Waals surface area (Å²) in [6, 6.07) is 0. The first-order valence-corrected chi connectivity index (χ1v) is 6.43. The minimum absolute atomic E-state index is 0.649. The maximum atomic E-state index is 5.11. The Bertz CT molecular complexity index is 195. The Labute approximate surface area is 93.8 Å². The van der Waals surface area contributed by atoms with Crippen molar-refractivity contribution in [2.45, 2.75) is 38.5 Å². The highest BCUT2D eigenvalue weighted by Crippen LogP contribution is 2.61. The van der Waals surface area contributed by atoms with Gasteiger partial charge in [-0.05, 0) is 56.4 Å². The van der Waals surface area contributed by atoms with Crippen LogP contribution in [0.25, 0.3) is 0 Å². The monoisotopic (exact) mass is 211 g/mol. The minimum Gasteiger partial charge on any atom is -0.385 e. The third-order valence-electron chi connectivity index (χ3n) is 4.32. The molecule has 15 heavy (non-hydrogen) atoms. The van der Waals surface area contributed by atoms with E-state index in [1.807, 2.05) is 0 Å². The molecule has 0 aromatic carbocycles. The maximum absolute atomic E-state index is 5.11.